The van der Waals surface area contributed by atoms with Gasteiger partial charge in [0.2, 0.25) is 5.82 Å². The number of ether oxygens (including phenoxy) is 1. The molecule has 0 spiro atoms. The first-order valence-electron chi connectivity index (χ1n) is 11.2. The molecule has 1 N–H and O–H groups in total. The molecule has 4 aromatic rings. The highest BCUT2D eigenvalue weighted by molar-refractivity contribution is 6.01. The van der Waals surface area contributed by atoms with Crippen LogP contribution in [-0.4, -0.2) is 23.3 Å². The van der Waals surface area contributed by atoms with Gasteiger partial charge in [-0.1, -0.05) is 35.5 Å². The van der Waals surface area contributed by atoms with Gasteiger partial charge in [0.05, 0.1) is 24.4 Å². The molecule has 7 nitrogen and oxygen atoms in total. The Balaban J connectivity index is 1.65. The minimum Gasteiger partial charge on any atom is -0.497 e. The van der Waals surface area contributed by atoms with Gasteiger partial charge in [-0.2, -0.15) is 4.98 Å². The van der Waals surface area contributed by atoms with Gasteiger partial charge in [-0.3, -0.25) is 4.90 Å². The Morgan fingerprint density at radius 1 is 1.03 bits per heavy atom. The molecule has 2 amide bonds. The van der Waals surface area contributed by atoms with Crippen LogP contribution in [0.4, 0.5) is 19.3 Å². The average Bonchev–Trinajstić information content (AvgIpc) is 3.36. The van der Waals surface area contributed by atoms with Crippen LogP contribution in [0.1, 0.15) is 30.0 Å². The fraction of sp³-hybridized carbons (Fsp3) is 0.148. The number of nitrogens with one attached hydrogen (secondary N) is 1. The summed E-state index contributed by atoms with van der Waals surface area (Å²) in [5.41, 5.74) is 3.08. The topological polar surface area (TPSA) is 80.5 Å². The molecule has 36 heavy (non-hydrogen) atoms. The maximum absolute atomic E-state index is 14.4. The summed E-state index contributed by atoms with van der Waals surface area (Å²) < 4.78 is 39.0. The third kappa shape index (κ3) is 4.19. The molecule has 182 valence electrons. The number of amides is 2. The van der Waals surface area contributed by atoms with E-state index >= 15 is 0 Å². The van der Waals surface area contributed by atoms with Crippen LogP contribution in [0.5, 0.6) is 5.75 Å². The second-order valence-electron chi connectivity index (χ2n) is 8.36. The number of hydrogen-bond acceptors (Lipinski definition) is 5. The van der Waals surface area contributed by atoms with E-state index in [-0.39, 0.29) is 5.89 Å². The zero-order chi connectivity index (χ0) is 25.4. The number of carbonyl (C=O) groups is 1. The van der Waals surface area contributed by atoms with E-state index in [0.29, 0.717) is 45.2 Å². The van der Waals surface area contributed by atoms with Crippen molar-refractivity contribution in [2.75, 3.05) is 12.0 Å². The highest BCUT2D eigenvalue weighted by Gasteiger charge is 2.36. The van der Waals surface area contributed by atoms with Crippen molar-refractivity contribution in [3.8, 4) is 17.1 Å². The quantitative estimate of drug-likeness (QED) is 0.371. The van der Waals surface area contributed by atoms with E-state index in [1.165, 1.54) is 23.1 Å². The van der Waals surface area contributed by atoms with Crippen LogP contribution in [0.25, 0.3) is 17.0 Å². The molecule has 0 saturated carbocycles. The molecule has 1 aliphatic heterocycles. The molecule has 1 aliphatic rings. The van der Waals surface area contributed by atoms with Gasteiger partial charge in [0.25, 0.3) is 5.89 Å². The van der Waals surface area contributed by atoms with E-state index in [1.807, 2.05) is 12.1 Å². The van der Waals surface area contributed by atoms with Crippen LogP contribution in [-0.2, 0) is 0 Å². The highest BCUT2D eigenvalue weighted by Crippen LogP contribution is 2.39. The lowest BCUT2D eigenvalue weighted by Gasteiger charge is -2.35. The van der Waals surface area contributed by atoms with Crippen molar-refractivity contribution in [2.45, 2.75) is 19.9 Å². The van der Waals surface area contributed by atoms with Gasteiger partial charge < -0.3 is 14.6 Å². The van der Waals surface area contributed by atoms with Gasteiger partial charge in [0.1, 0.15) is 17.4 Å². The molecule has 2 heterocycles. The van der Waals surface area contributed by atoms with Crippen LogP contribution in [0.2, 0.25) is 0 Å². The minimum absolute atomic E-state index is 0.164. The maximum atomic E-state index is 14.4. The molecule has 3 aromatic carbocycles. The molecule has 0 radical (unpaired) electrons. The van der Waals surface area contributed by atoms with Gasteiger partial charge in [-0.15, -0.1) is 0 Å². The van der Waals surface area contributed by atoms with E-state index in [1.54, 1.807) is 57.4 Å². The smallest absolute Gasteiger partial charge is 0.327 e. The van der Waals surface area contributed by atoms with E-state index in [2.05, 4.69) is 15.5 Å². The number of anilines is 1. The molecule has 5 rings (SSSR count). The summed E-state index contributed by atoms with van der Waals surface area (Å²) >= 11 is 0. The number of benzene rings is 3. The second-order valence-corrected chi connectivity index (χ2v) is 8.36. The minimum atomic E-state index is -0.705. The van der Waals surface area contributed by atoms with Crippen LogP contribution >= 0.6 is 0 Å². The lowest BCUT2D eigenvalue weighted by atomic mass is 9.94. The number of allylic oxidation sites excluding steroid dienone is 1. The lowest BCUT2D eigenvalue weighted by Crippen LogP contribution is -2.46. The van der Waals surface area contributed by atoms with Crippen molar-refractivity contribution in [2.24, 2.45) is 0 Å². The van der Waals surface area contributed by atoms with Gasteiger partial charge in [-0.25, -0.2) is 13.6 Å². The number of methoxy groups -OCH3 is 1. The highest BCUT2D eigenvalue weighted by atomic mass is 19.1. The van der Waals surface area contributed by atoms with E-state index < -0.39 is 23.7 Å². The number of rotatable bonds is 5. The van der Waals surface area contributed by atoms with Crippen molar-refractivity contribution in [1.82, 2.24) is 15.5 Å². The first kappa shape index (κ1) is 23.2. The van der Waals surface area contributed by atoms with Gasteiger partial charge in [0.15, 0.2) is 0 Å². The number of carbonyl (C=O) groups excluding carboxylic acids is 1. The Labute approximate surface area is 206 Å². The normalized spacial score (nSPS) is 15.8. The van der Waals surface area contributed by atoms with Crippen LogP contribution < -0.4 is 15.0 Å². The summed E-state index contributed by atoms with van der Waals surface area (Å²) in [6, 6.07) is 16.4. The fourth-order valence-electron chi connectivity index (χ4n) is 4.17. The van der Waals surface area contributed by atoms with E-state index in [0.717, 1.165) is 0 Å². The third-order valence-electron chi connectivity index (χ3n) is 6.09. The molecule has 0 saturated heterocycles. The Kier molecular flexibility index (Phi) is 5.97. The molecule has 0 fully saturated rings. The standard InChI is InChI=1S/C27H22F2N4O3/c1-15-7-12-20(14-22(15)29)33-16(2)23(24(30-27(33)34)17-8-10-19(28)11-9-17)26-31-25(32-36-26)18-5-4-6-21(13-18)35-3/h4-14,24H,1-3H3,(H,30,34). The molecular formula is C27H22F2N4O3. The molecule has 1 aromatic heterocycles. The Morgan fingerprint density at radius 3 is 2.53 bits per heavy atom. The Hall–Kier alpha value is -4.53. The number of hydrogen-bond donors (Lipinski definition) is 1. The predicted molar refractivity (Wildman–Crippen MR) is 130 cm³/mol. The van der Waals surface area contributed by atoms with Crippen LogP contribution in [0.15, 0.2) is 77.0 Å². The molecule has 0 bridgehead atoms. The zero-order valence-corrected chi connectivity index (χ0v) is 19.8. The summed E-state index contributed by atoms with van der Waals surface area (Å²) in [4.78, 5) is 19.2. The monoisotopic (exact) mass is 488 g/mol. The second kappa shape index (κ2) is 9.26. The summed E-state index contributed by atoms with van der Waals surface area (Å²) in [6.45, 7) is 3.37. The number of halogens is 2. The summed E-state index contributed by atoms with van der Waals surface area (Å²) in [6.07, 6.45) is 0. The van der Waals surface area contributed by atoms with Crippen molar-refractivity contribution < 1.29 is 22.8 Å². The van der Waals surface area contributed by atoms with Crippen LogP contribution in [0.3, 0.4) is 0 Å². The Morgan fingerprint density at radius 2 is 1.81 bits per heavy atom. The van der Waals surface area contributed by atoms with E-state index in [9.17, 15) is 13.6 Å². The lowest BCUT2D eigenvalue weighted by molar-refractivity contribution is 0.244. The van der Waals surface area contributed by atoms with Gasteiger partial charge in [0, 0.05) is 11.3 Å². The average molecular weight is 488 g/mol. The summed E-state index contributed by atoms with van der Waals surface area (Å²) in [5, 5.41) is 7.05. The number of aryl methyl sites for hydroxylation is 1. The first-order chi connectivity index (χ1) is 17.4. The number of aromatic nitrogens is 2. The van der Waals surface area contributed by atoms with E-state index in [4.69, 9.17) is 9.26 Å². The predicted octanol–water partition coefficient (Wildman–Crippen LogP) is 6.03. The third-order valence-corrected chi connectivity index (χ3v) is 6.09. The zero-order valence-electron chi connectivity index (χ0n) is 19.8. The maximum Gasteiger partial charge on any atom is 0.327 e. The summed E-state index contributed by atoms with van der Waals surface area (Å²) in [5.74, 6) is 0.284. The van der Waals surface area contributed by atoms with Gasteiger partial charge >= 0.3 is 6.03 Å². The van der Waals surface area contributed by atoms with Crippen molar-refractivity contribution in [3.63, 3.8) is 0 Å². The SMILES string of the molecule is COc1cccc(-c2noc(C3=C(C)N(c4ccc(C)c(F)c4)C(=O)NC3c3ccc(F)cc3)n2)c1. The molecule has 0 aliphatic carbocycles. The molecule has 1 atom stereocenters. The number of nitrogens with zero attached hydrogens (tertiary/aromatic N) is 3. The Bertz CT molecular complexity index is 1480. The summed E-state index contributed by atoms with van der Waals surface area (Å²) in [7, 11) is 1.56. The molecule has 1 unspecified atom stereocenters. The van der Waals surface area contributed by atoms with Crippen molar-refractivity contribution in [3.05, 3.63) is 101 Å². The van der Waals surface area contributed by atoms with Crippen LogP contribution in [0, 0.1) is 18.6 Å². The van der Waals surface area contributed by atoms with Crippen molar-refractivity contribution in [1.29, 1.82) is 0 Å². The van der Waals surface area contributed by atoms with Crippen molar-refractivity contribution >= 4 is 17.3 Å². The first-order valence-corrected chi connectivity index (χ1v) is 11.2. The van der Waals surface area contributed by atoms with Gasteiger partial charge in [-0.05, 0) is 61.4 Å². The fourth-order valence-corrected chi connectivity index (χ4v) is 4.17. The largest absolute Gasteiger partial charge is 0.497 e. The molecular weight excluding hydrogens is 466 g/mol. The molecule has 9 heteroatoms. The number of urea groups is 1.